The highest BCUT2D eigenvalue weighted by Gasteiger charge is 2.33. The Bertz CT molecular complexity index is 584. The summed E-state index contributed by atoms with van der Waals surface area (Å²) in [5, 5.41) is 28.4. The summed E-state index contributed by atoms with van der Waals surface area (Å²) >= 11 is 0. The maximum atomic E-state index is 12.8. The van der Waals surface area contributed by atoms with Gasteiger partial charge in [0.1, 0.15) is 6.10 Å². The van der Waals surface area contributed by atoms with Crippen molar-refractivity contribution in [3.05, 3.63) is 34.9 Å². The summed E-state index contributed by atoms with van der Waals surface area (Å²) in [5.41, 5.74) is -2.44. The first-order valence-electron chi connectivity index (χ1n) is 6.53. The first-order chi connectivity index (χ1) is 10.6. The smallest absolute Gasteiger partial charge is 0.416 e. The number of aromatic carboxylic acids is 1. The Hall–Kier alpha value is -2.13. The molecule has 0 aromatic heterocycles. The maximum absolute atomic E-state index is 12.8. The van der Waals surface area contributed by atoms with Gasteiger partial charge in [-0.3, -0.25) is 4.79 Å². The van der Waals surface area contributed by atoms with E-state index in [0.29, 0.717) is 12.1 Å². The number of carboxylic acid groups (broad SMARTS) is 1. The molecule has 9 heteroatoms. The van der Waals surface area contributed by atoms with E-state index in [1.807, 2.05) is 0 Å². The molecule has 0 saturated carbocycles. The Morgan fingerprint density at radius 3 is 2.30 bits per heavy atom. The number of carbonyl (C=O) groups excluding carboxylic acids is 1. The number of ether oxygens (including phenoxy) is 1. The quantitative estimate of drug-likeness (QED) is 0.684. The highest BCUT2D eigenvalue weighted by Crippen LogP contribution is 2.33. The van der Waals surface area contributed by atoms with E-state index >= 15 is 0 Å². The molecule has 23 heavy (non-hydrogen) atoms. The van der Waals surface area contributed by atoms with Crippen LogP contribution in [0.4, 0.5) is 13.2 Å². The summed E-state index contributed by atoms with van der Waals surface area (Å²) in [6.07, 6.45) is -9.08. The van der Waals surface area contributed by atoms with Gasteiger partial charge in [-0.2, -0.15) is 13.2 Å². The van der Waals surface area contributed by atoms with Gasteiger partial charge in [-0.05, 0) is 30.7 Å². The second kappa shape index (κ2) is 7.42. The molecule has 0 bridgehead atoms. The molecule has 1 rings (SSSR count). The van der Waals surface area contributed by atoms with Gasteiger partial charge in [0.2, 0.25) is 0 Å². The number of rotatable bonds is 6. The van der Waals surface area contributed by atoms with E-state index in [1.54, 1.807) is 0 Å². The van der Waals surface area contributed by atoms with E-state index < -0.39 is 53.4 Å². The summed E-state index contributed by atoms with van der Waals surface area (Å²) in [5.74, 6) is -2.46. The summed E-state index contributed by atoms with van der Waals surface area (Å²) in [6.45, 7) is 1.56. The molecule has 2 unspecified atom stereocenters. The fraction of sp³-hybridized carbons (Fsp3) is 0.429. The number of aliphatic hydroxyl groups is 2. The number of esters is 1. The number of alkyl halides is 3. The lowest BCUT2D eigenvalue weighted by Crippen LogP contribution is -2.24. The van der Waals surface area contributed by atoms with Crippen molar-refractivity contribution >= 4 is 11.9 Å². The third-order valence-corrected chi connectivity index (χ3v) is 2.92. The molecule has 2 atom stereocenters. The summed E-state index contributed by atoms with van der Waals surface area (Å²) in [6, 6.07) is 1.73. The normalized spacial score (nSPS) is 14.2. The van der Waals surface area contributed by atoms with Crippen molar-refractivity contribution in [1.82, 2.24) is 0 Å². The topological polar surface area (TPSA) is 104 Å². The van der Waals surface area contributed by atoms with Crippen LogP contribution in [0.1, 0.15) is 40.9 Å². The molecule has 0 heterocycles. The van der Waals surface area contributed by atoms with E-state index in [9.17, 15) is 33.0 Å². The van der Waals surface area contributed by atoms with Crippen LogP contribution in [-0.2, 0) is 15.7 Å². The van der Waals surface area contributed by atoms with Crippen LogP contribution in [0.25, 0.3) is 0 Å². The fourth-order valence-electron chi connectivity index (χ4n) is 1.83. The van der Waals surface area contributed by atoms with Gasteiger partial charge >= 0.3 is 18.1 Å². The minimum Gasteiger partial charge on any atom is -0.478 e. The Kier molecular flexibility index (Phi) is 6.11. The van der Waals surface area contributed by atoms with Crippen LogP contribution in [0.3, 0.4) is 0 Å². The Morgan fingerprint density at radius 2 is 1.83 bits per heavy atom. The number of carboxylic acids is 1. The SMILES string of the molecule is CCOC(=O)CC(O)C(O)c1cc(C(=O)O)cc(C(F)(F)F)c1. The average molecular weight is 336 g/mol. The lowest BCUT2D eigenvalue weighted by molar-refractivity contribution is -0.147. The van der Waals surface area contributed by atoms with Crippen LogP contribution in [0.2, 0.25) is 0 Å². The number of hydrogen-bond acceptors (Lipinski definition) is 5. The minimum atomic E-state index is -4.83. The molecule has 3 N–H and O–H groups in total. The van der Waals surface area contributed by atoms with Gasteiger partial charge < -0.3 is 20.1 Å². The van der Waals surface area contributed by atoms with Crippen molar-refractivity contribution in [3.8, 4) is 0 Å². The zero-order chi connectivity index (χ0) is 17.8. The zero-order valence-electron chi connectivity index (χ0n) is 12.0. The van der Waals surface area contributed by atoms with Gasteiger partial charge in [-0.25, -0.2) is 4.79 Å². The molecule has 0 amide bonds. The molecule has 1 aromatic carbocycles. The van der Waals surface area contributed by atoms with E-state index in [4.69, 9.17) is 5.11 Å². The molecular weight excluding hydrogens is 321 g/mol. The van der Waals surface area contributed by atoms with Crippen LogP contribution in [0.5, 0.6) is 0 Å². The third kappa shape index (κ3) is 5.22. The molecule has 1 aromatic rings. The molecule has 6 nitrogen and oxygen atoms in total. The molecular formula is C14H15F3O6. The van der Waals surface area contributed by atoms with Crippen molar-refractivity contribution in [1.29, 1.82) is 0 Å². The third-order valence-electron chi connectivity index (χ3n) is 2.92. The minimum absolute atomic E-state index is 0.0361. The maximum Gasteiger partial charge on any atom is 0.416 e. The van der Waals surface area contributed by atoms with Crippen molar-refractivity contribution in [3.63, 3.8) is 0 Å². The molecule has 0 aliphatic heterocycles. The number of carbonyl (C=O) groups is 2. The lowest BCUT2D eigenvalue weighted by atomic mass is 9.97. The molecule has 0 aliphatic carbocycles. The van der Waals surface area contributed by atoms with Crippen LogP contribution >= 0.6 is 0 Å². The van der Waals surface area contributed by atoms with Crippen molar-refractivity contribution in [2.45, 2.75) is 31.7 Å². The number of hydrogen-bond donors (Lipinski definition) is 3. The Morgan fingerprint density at radius 1 is 1.22 bits per heavy atom. The monoisotopic (exact) mass is 336 g/mol. The van der Waals surface area contributed by atoms with Gasteiger partial charge in [0, 0.05) is 0 Å². The fourth-order valence-corrected chi connectivity index (χ4v) is 1.83. The van der Waals surface area contributed by atoms with E-state index in [1.165, 1.54) is 6.92 Å². The Balaban J connectivity index is 3.12. The Labute approximate surface area is 129 Å². The van der Waals surface area contributed by atoms with E-state index in [-0.39, 0.29) is 6.61 Å². The predicted octanol–water partition coefficient (Wildman–Crippen LogP) is 1.75. The second-order valence-corrected chi connectivity index (χ2v) is 4.67. The largest absolute Gasteiger partial charge is 0.478 e. The number of benzene rings is 1. The van der Waals surface area contributed by atoms with Gasteiger partial charge in [0.15, 0.2) is 0 Å². The first kappa shape index (κ1) is 18.9. The van der Waals surface area contributed by atoms with Crippen LogP contribution in [0, 0.1) is 0 Å². The van der Waals surface area contributed by atoms with Gasteiger partial charge in [0.05, 0.1) is 30.3 Å². The van der Waals surface area contributed by atoms with E-state index in [0.717, 1.165) is 6.07 Å². The van der Waals surface area contributed by atoms with Crippen LogP contribution in [-0.4, -0.2) is 40.0 Å². The van der Waals surface area contributed by atoms with E-state index in [2.05, 4.69) is 4.74 Å². The van der Waals surface area contributed by atoms with Crippen molar-refractivity contribution in [2.75, 3.05) is 6.61 Å². The molecule has 0 spiro atoms. The first-order valence-corrected chi connectivity index (χ1v) is 6.53. The molecule has 0 fully saturated rings. The molecule has 0 aliphatic rings. The van der Waals surface area contributed by atoms with Gasteiger partial charge in [-0.1, -0.05) is 0 Å². The van der Waals surface area contributed by atoms with Crippen LogP contribution < -0.4 is 0 Å². The summed E-state index contributed by atoms with van der Waals surface area (Å²) in [7, 11) is 0. The number of halogens is 3. The standard InChI is InChI=1S/C14H15F3O6/c1-2-23-11(19)6-10(18)12(20)7-3-8(13(21)22)5-9(4-7)14(15,16)17/h3-5,10,12,18,20H,2,6H2,1H3,(H,21,22). The molecule has 128 valence electrons. The number of aliphatic hydroxyl groups excluding tert-OH is 2. The highest BCUT2D eigenvalue weighted by atomic mass is 19.4. The highest BCUT2D eigenvalue weighted by molar-refractivity contribution is 5.88. The second-order valence-electron chi connectivity index (χ2n) is 4.67. The van der Waals surface area contributed by atoms with Crippen LogP contribution in [0.15, 0.2) is 18.2 Å². The van der Waals surface area contributed by atoms with Gasteiger partial charge in [-0.15, -0.1) is 0 Å². The summed E-state index contributed by atoms with van der Waals surface area (Å²) in [4.78, 5) is 22.1. The summed E-state index contributed by atoms with van der Waals surface area (Å²) < 4.78 is 42.9. The van der Waals surface area contributed by atoms with Crippen molar-refractivity contribution in [2.24, 2.45) is 0 Å². The zero-order valence-corrected chi connectivity index (χ0v) is 12.0. The van der Waals surface area contributed by atoms with Gasteiger partial charge in [0.25, 0.3) is 0 Å². The lowest BCUT2D eigenvalue weighted by Gasteiger charge is -2.19. The van der Waals surface area contributed by atoms with Crippen molar-refractivity contribution < 1.29 is 42.8 Å². The molecule has 0 radical (unpaired) electrons. The molecule has 0 saturated heterocycles. The average Bonchev–Trinajstić information content (AvgIpc) is 2.45. The predicted molar refractivity (Wildman–Crippen MR) is 70.6 cm³/mol.